The van der Waals surface area contributed by atoms with E-state index in [9.17, 15) is 9.90 Å². The number of likely N-dealkylation sites (N-methyl/N-ethyl adjacent to an activating group) is 1. The van der Waals surface area contributed by atoms with Crippen LogP contribution in [0.5, 0.6) is 0 Å². The number of nitrogens with one attached hydrogen (secondary N) is 1. The van der Waals surface area contributed by atoms with Gasteiger partial charge in [-0.1, -0.05) is 6.92 Å². The lowest BCUT2D eigenvalue weighted by molar-refractivity contribution is -0.144. The van der Waals surface area contributed by atoms with E-state index in [1.54, 1.807) is 18.7 Å². The third kappa shape index (κ3) is 4.54. The van der Waals surface area contributed by atoms with Crippen molar-refractivity contribution in [2.24, 2.45) is 7.05 Å². The van der Waals surface area contributed by atoms with Gasteiger partial charge in [-0.05, 0) is 45.1 Å². The van der Waals surface area contributed by atoms with Crippen molar-refractivity contribution < 1.29 is 9.90 Å². The molecule has 0 aromatic carbocycles. The quantitative estimate of drug-likeness (QED) is 0.565. The number of carboxylic acid groups (broad SMARTS) is 1. The van der Waals surface area contributed by atoms with E-state index < -0.39 is 11.5 Å². The van der Waals surface area contributed by atoms with Gasteiger partial charge in [0.2, 0.25) is 0 Å². The fraction of sp³-hybridized carbons (Fsp3) is 0.692. The summed E-state index contributed by atoms with van der Waals surface area (Å²) in [6.07, 6.45) is 1.48. The Labute approximate surface area is 118 Å². The van der Waals surface area contributed by atoms with Crippen LogP contribution in [0.3, 0.4) is 0 Å². The van der Waals surface area contributed by atoms with Crippen molar-refractivity contribution in [1.29, 1.82) is 0 Å². The van der Waals surface area contributed by atoms with Gasteiger partial charge < -0.3 is 10.4 Å². The standard InChI is InChI=1S/C13H23N3O2S/c1-5-14-13(3,12(17)18)7-6-8-19-11-9-10(2)15-16(11)4/h9,14H,5-8H2,1-4H3,(H,17,18). The van der Waals surface area contributed by atoms with Crippen LogP contribution in [0.25, 0.3) is 0 Å². The molecule has 1 aromatic heterocycles. The Morgan fingerprint density at radius 2 is 2.32 bits per heavy atom. The van der Waals surface area contributed by atoms with Crippen molar-refractivity contribution in [3.05, 3.63) is 11.8 Å². The van der Waals surface area contributed by atoms with Gasteiger partial charge in [0.15, 0.2) is 0 Å². The van der Waals surface area contributed by atoms with Gasteiger partial charge in [0.05, 0.1) is 10.7 Å². The van der Waals surface area contributed by atoms with Crippen LogP contribution in [0.4, 0.5) is 0 Å². The predicted molar refractivity (Wildman–Crippen MR) is 77.6 cm³/mol. The fourth-order valence-corrected chi connectivity index (χ4v) is 2.96. The molecule has 0 aliphatic heterocycles. The molecule has 1 rings (SSSR count). The minimum Gasteiger partial charge on any atom is -0.480 e. The number of carbonyl (C=O) groups is 1. The Bertz CT molecular complexity index is 434. The fourth-order valence-electron chi connectivity index (χ4n) is 1.99. The molecule has 0 aliphatic rings. The molecule has 1 aromatic rings. The second-order valence-electron chi connectivity index (χ2n) is 4.87. The number of hydrogen-bond donors (Lipinski definition) is 2. The van der Waals surface area contributed by atoms with E-state index in [-0.39, 0.29) is 0 Å². The molecule has 0 aliphatic carbocycles. The maximum absolute atomic E-state index is 11.2. The van der Waals surface area contributed by atoms with Crippen LogP contribution in [-0.4, -0.2) is 38.7 Å². The maximum Gasteiger partial charge on any atom is 0.323 e. The van der Waals surface area contributed by atoms with Crippen molar-refractivity contribution >= 4 is 17.7 Å². The van der Waals surface area contributed by atoms with E-state index >= 15 is 0 Å². The van der Waals surface area contributed by atoms with E-state index in [1.807, 2.05) is 31.6 Å². The van der Waals surface area contributed by atoms with Gasteiger partial charge >= 0.3 is 5.97 Å². The molecule has 108 valence electrons. The average molecular weight is 285 g/mol. The summed E-state index contributed by atoms with van der Waals surface area (Å²) in [4.78, 5) is 11.2. The maximum atomic E-state index is 11.2. The van der Waals surface area contributed by atoms with Crippen molar-refractivity contribution in [2.45, 2.75) is 44.2 Å². The number of aromatic nitrogens is 2. The summed E-state index contributed by atoms with van der Waals surface area (Å²) in [6.45, 7) is 6.31. The van der Waals surface area contributed by atoms with Crippen LogP contribution >= 0.6 is 11.8 Å². The summed E-state index contributed by atoms with van der Waals surface area (Å²) >= 11 is 1.72. The van der Waals surface area contributed by atoms with Gasteiger partial charge in [-0.3, -0.25) is 9.48 Å². The number of thioether (sulfide) groups is 1. The molecule has 0 spiro atoms. The summed E-state index contributed by atoms with van der Waals surface area (Å²) in [5.74, 6) is 0.114. The van der Waals surface area contributed by atoms with Crippen LogP contribution in [0.1, 0.15) is 32.4 Å². The van der Waals surface area contributed by atoms with Crippen LogP contribution in [0, 0.1) is 6.92 Å². The lowest BCUT2D eigenvalue weighted by Gasteiger charge is -2.25. The zero-order valence-electron chi connectivity index (χ0n) is 12.1. The first-order chi connectivity index (χ1) is 8.89. The van der Waals surface area contributed by atoms with Crippen molar-refractivity contribution in [1.82, 2.24) is 15.1 Å². The van der Waals surface area contributed by atoms with Gasteiger partial charge in [-0.25, -0.2) is 0 Å². The summed E-state index contributed by atoms with van der Waals surface area (Å²) in [7, 11) is 1.93. The highest BCUT2D eigenvalue weighted by atomic mass is 32.2. The molecule has 0 saturated heterocycles. The molecule has 0 fully saturated rings. The van der Waals surface area contributed by atoms with E-state index in [0.717, 1.165) is 22.9 Å². The van der Waals surface area contributed by atoms with Gasteiger partial charge in [-0.2, -0.15) is 5.10 Å². The molecule has 0 bridgehead atoms. The van der Waals surface area contributed by atoms with E-state index in [1.165, 1.54) is 0 Å². The number of aryl methyl sites for hydroxylation is 2. The molecule has 0 radical (unpaired) electrons. The van der Waals surface area contributed by atoms with Crippen LogP contribution in [-0.2, 0) is 11.8 Å². The largest absolute Gasteiger partial charge is 0.480 e. The Morgan fingerprint density at radius 3 is 2.79 bits per heavy atom. The van der Waals surface area contributed by atoms with Crippen molar-refractivity contribution in [3.8, 4) is 0 Å². The zero-order chi connectivity index (χ0) is 14.5. The number of nitrogens with zero attached hydrogens (tertiary/aromatic N) is 2. The molecule has 0 amide bonds. The minimum atomic E-state index is -0.822. The lowest BCUT2D eigenvalue weighted by atomic mass is 9.96. The average Bonchev–Trinajstić information content (AvgIpc) is 2.63. The topological polar surface area (TPSA) is 67.2 Å². The molecule has 6 heteroatoms. The van der Waals surface area contributed by atoms with E-state index in [4.69, 9.17) is 0 Å². The first kappa shape index (κ1) is 16.0. The van der Waals surface area contributed by atoms with Crippen LogP contribution in [0.15, 0.2) is 11.1 Å². The molecule has 0 saturated carbocycles. The summed E-state index contributed by atoms with van der Waals surface area (Å²) in [5.41, 5.74) is 0.186. The number of carboxylic acids is 1. The Morgan fingerprint density at radius 1 is 1.63 bits per heavy atom. The van der Waals surface area contributed by atoms with Crippen LogP contribution < -0.4 is 5.32 Å². The van der Waals surface area contributed by atoms with Gasteiger partial charge in [0.1, 0.15) is 5.54 Å². The van der Waals surface area contributed by atoms with Crippen molar-refractivity contribution in [2.75, 3.05) is 12.3 Å². The molecule has 2 N–H and O–H groups in total. The SMILES string of the molecule is CCNC(C)(CCCSc1cc(C)nn1C)C(=O)O. The highest BCUT2D eigenvalue weighted by Crippen LogP contribution is 2.22. The summed E-state index contributed by atoms with van der Waals surface area (Å²) in [5, 5.41) is 17.7. The third-order valence-electron chi connectivity index (χ3n) is 3.07. The van der Waals surface area contributed by atoms with Gasteiger partial charge in [0.25, 0.3) is 0 Å². The molecular formula is C13H23N3O2S. The predicted octanol–water partition coefficient (Wildman–Crippen LogP) is 2.05. The highest BCUT2D eigenvalue weighted by molar-refractivity contribution is 7.99. The van der Waals surface area contributed by atoms with E-state index in [2.05, 4.69) is 10.4 Å². The monoisotopic (exact) mass is 285 g/mol. The third-order valence-corrected chi connectivity index (χ3v) is 4.24. The molecule has 1 atom stereocenters. The first-order valence-electron chi connectivity index (χ1n) is 6.51. The number of hydrogen-bond acceptors (Lipinski definition) is 4. The zero-order valence-corrected chi connectivity index (χ0v) is 12.9. The Balaban J connectivity index is 2.41. The van der Waals surface area contributed by atoms with Crippen molar-refractivity contribution in [3.63, 3.8) is 0 Å². The number of aliphatic carboxylic acids is 1. The highest BCUT2D eigenvalue weighted by Gasteiger charge is 2.31. The molecule has 19 heavy (non-hydrogen) atoms. The molecular weight excluding hydrogens is 262 g/mol. The Hall–Kier alpha value is -1.01. The minimum absolute atomic E-state index is 0.625. The molecule has 5 nitrogen and oxygen atoms in total. The first-order valence-corrected chi connectivity index (χ1v) is 7.49. The summed E-state index contributed by atoms with van der Waals surface area (Å²) < 4.78 is 1.86. The summed E-state index contributed by atoms with van der Waals surface area (Å²) in [6, 6.07) is 2.05. The second-order valence-corrected chi connectivity index (χ2v) is 5.98. The molecule has 1 heterocycles. The smallest absolute Gasteiger partial charge is 0.323 e. The van der Waals surface area contributed by atoms with Gasteiger partial charge in [0, 0.05) is 7.05 Å². The number of rotatable bonds is 8. The van der Waals surface area contributed by atoms with Gasteiger partial charge in [-0.15, -0.1) is 11.8 Å². The Kier molecular flexibility index (Phi) is 5.87. The normalized spacial score (nSPS) is 14.3. The molecule has 1 unspecified atom stereocenters. The van der Waals surface area contributed by atoms with E-state index in [0.29, 0.717) is 13.0 Å². The van der Waals surface area contributed by atoms with Crippen LogP contribution in [0.2, 0.25) is 0 Å². The second kappa shape index (κ2) is 6.96. The lowest BCUT2D eigenvalue weighted by Crippen LogP contribution is -2.49.